The molecule has 0 radical (unpaired) electrons. The van der Waals surface area contributed by atoms with Crippen molar-refractivity contribution in [3.05, 3.63) is 52.8 Å². The average molecular weight is 306 g/mol. The van der Waals surface area contributed by atoms with Crippen LogP contribution >= 0.6 is 11.6 Å². The summed E-state index contributed by atoms with van der Waals surface area (Å²) in [6, 6.07) is 7.62. The number of aryl methyl sites for hydroxylation is 2. The van der Waals surface area contributed by atoms with E-state index in [0.717, 1.165) is 11.1 Å². The topological polar surface area (TPSA) is 38.1 Å². The number of rotatable bonds is 5. The summed E-state index contributed by atoms with van der Waals surface area (Å²) in [5, 5.41) is 4.89. The van der Waals surface area contributed by atoms with E-state index in [4.69, 9.17) is 11.6 Å². The van der Waals surface area contributed by atoms with Crippen molar-refractivity contribution in [1.82, 2.24) is 14.7 Å². The van der Waals surface area contributed by atoms with Crippen LogP contribution in [-0.4, -0.2) is 27.6 Å². The third kappa shape index (κ3) is 4.08. The molecule has 0 spiro atoms. The number of carbonyl (C=O) groups excluding carboxylic acids is 1. The quantitative estimate of drug-likeness (QED) is 0.848. The Balaban J connectivity index is 1.93. The molecule has 1 aromatic heterocycles. The zero-order valence-electron chi connectivity index (χ0n) is 12.6. The summed E-state index contributed by atoms with van der Waals surface area (Å²) in [5.74, 6) is 0.102. The van der Waals surface area contributed by atoms with Gasteiger partial charge < -0.3 is 4.90 Å². The monoisotopic (exact) mass is 305 g/mol. The van der Waals surface area contributed by atoms with E-state index in [1.807, 2.05) is 51.4 Å². The summed E-state index contributed by atoms with van der Waals surface area (Å²) in [5.41, 5.74) is 2.18. The summed E-state index contributed by atoms with van der Waals surface area (Å²) in [7, 11) is 1.83. The van der Waals surface area contributed by atoms with Gasteiger partial charge in [-0.1, -0.05) is 23.7 Å². The summed E-state index contributed by atoms with van der Waals surface area (Å²) < 4.78 is 1.80. The van der Waals surface area contributed by atoms with Gasteiger partial charge in [0.1, 0.15) is 0 Å². The fraction of sp³-hybridized carbons (Fsp3) is 0.375. The Morgan fingerprint density at radius 1 is 1.38 bits per heavy atom. The predicted octanol–water partition coefficient (Wildman–Crippen LogP) is 3.45. The Bertz CT molecular complexity index is 606. The van der Waals surface area contributed by atoms with E-state index >= 15 is 0 Å². The normalized spacial score (nSPS) is 12.2. The number of hydrogen-bond donors (Lipinski definition) is 0. The van der Waals surface area contributed by atoms with Crippen LogP contribution in [0.4, 0.5) is 0 Å². The molecule has 0 aliphatic rings. The van der Waals surface area contributed by atoms with E-state index < -0.39 is 0 Å². The van der Waals surface area contributed by atoms with Gasteiger partial charge in [-0.25, -0.2) is 0 Å². The highest BCUT2D eigenvalue weighted by atomic mass is 35.5. The van der Waals surface area contributed by atoms with Crippen LogP contribution in [0, 0.1) is 6.92 Å². The summed E-state index contributed by atoms with van der Waals surface area (Å²) in [4.78, 5) is 14.0. The van der Waals surface area contributed by atoms with Gasteiger partial charge in [0.2, 0.25) is 5.91 Å². The predicted molar refractivity (Wildman–Crippen MR) is 84.2 cm³/mol. The van der Waals surface area contributed by atoms with Crippen molar-refractivity contribution in [3.8, 4) is 0 Å². The lowest BCUT2D eigenvalue weighted by atomic mass is 10.1. The smallest absolute Gasteiger partial charge is 0.224 e. The number of hydrogen-bond acceptors (Lipinski definition) is 2. The molecule has 4 nitrogen and oxygen atoms in total. The van der Waals surface area contributed by atoms with Crippen molar-refractivity contribution in [2.45, 2.75) is 32.9 Å². The van der Waals surface area contributed by atoms with Crippen LogP contribution in [0.3, 0.4) is 0 Å². The third-order valence-corrected chi connectivity index (χ3v) is 3.90. The first kappa shape index (κ1) is 15.6. The van der Waals surface area contributed by atoms with E-state index in [-0.39, 0.29) is 11.9 Å². The maximum Gasteiger partial charge on any atom is 0.224 e. The van der Waals surface area contributed by atoms with Crippen LogP contribution in [0.5, 0.6) is 0 Å². The van der Waals surface area contributed by atoms with Crippen LogP contribution in [0.25, 0.3) is 0 Å². The maximum atomic E-state index is 12.3. The van der Waals surface area contributed by atoms with Gasteiger partial charge >= 0.3 is 0 Å². The summed E-state index contributed by atoms with van der Waals surface area (Å²) in [6.07, 6.45) is 4.18. The van der Waals surface area contributed by atoms with Crippen molar-refractivity contribution in [1.29, 1.82) is 0 Å². The molecule has 0 aliphatic heterocycles. The van der Waals surface area contributed by atoms with Crippen molar-refractivity contribution in [2.75, 3.05) is 7.05 Å². The molecule has 0 fully saturated rings. The maximum absolute atomic E-state index is 12.3. The lowest BCUT2D eigenvalue weighted by Gasteiger charge is -2.25. The van der Waals surface area contributed by atoms with Gasteiger partial charge in [-0.15, -0.1) is 0 Å². The van der Waals surface area contributed by atoms with Crippen molar-refractivity contribution >= 4 is 17.5 Å². The van der Waals surface area contributed by atoms with Gasteiger partial charge in [0.15, 0.2) is 0 Å². The number of carbonyl (C=O) groups is 1. The van der Waals surface area contributed by atoms with Crippen LogP contribution < -0.4 is 0 Å². The first-order chi connectivity index (χ1) is 9.97. The Hall–Kier alpha value is -1.81. The second-order valence-corrected chi connectivity index (χ2v) is 5.70. The second-order valence-electron chi connectivity index (χ2n) is 5.26. The standard InChI is InChI=1S/C16H20ClN3O/c1-12-10-18-20(11-12)9-8-16(21)19(3)13(2)14-4-6-15(17)7-5-14/h4-7,10-11,13H,8-9H2,1-3H3. The lowest BCUT2D eigenvalue weighted by molar-refractivity contribution is -0.132. The molecule has 2 aromatic rings. The Kier molecular flexibility index (Phi) is 5.02. The zero-order valence-corrected chi connectivity index (χ0v) is 13.3. The van der Waals surface area contributed by atoms with E-state index in [0.29, 0.717) is 18.0 Å². The molecule has 1 heterocycles. The molecule has 5 heteroatoms. The minimum absolute atomic E-state index is 0.0223. The molecule has 21 heavy (non-hydrogen) atoms. The van der Waals surface area contributed by atoms with Crippen LogP contribution in [-0.2, 0) is 11.3 Å². The average Bonchev–Trinajstić information content (AvgIpc) is 2.89. The summed E-state index contributed by atoms with van der Waals surface area (Å²) >= 11 is 5.89. The molecule has 0 saturated carbocycles. The van der Waals surface area contributed by atoms with Crippen LogP contribution in [0.2, 0.25) is 5.02 Å². The Morgan fingerprint density at radius 2 is 2.05 bits per heavy atom. The molecule has 1 amide bonds. The fourth-order valence-corrected chi connectivity index (χ4v) is 2.28. The molecule has 0 bridgehead atoms. The highest BCUT2D eigenvalue weighted by Gasteiger charge is 2.17. The molecular formula is C16H20ClN3O. The van der Waals surface area contributed by atoms with Gasteiger partial charge in [0.05, 0.1) is 12.2 Å². The van der Waals surface area contributed by atoms with Crippen molar-refractivity contribution in [2.24, 2.45) is 0 Å². The molecule has 0 aliphatic carbocycles. The minimum atomic E-state index is 0.0223. The van der Waals surface area contributed by atoms with Gasteiger partial charge in [0.25, 0.3) is 0 Å². The fourth-order valence-electron chi connectivity index (χ4n) is 2.16. The zero-order chi connectivity index (χ0) is 15.4. The highest BCUT2D eigenvalue weighted by Crippen LogP contribution is 2.21. The van der Waals surface area contributed by atoms with Gasteiger partial charge in [0, 0.05) is 31.2 Å². The van der Waals surface area contributed by atoms with E-state index in [1.165, 1.54) is 0 Å². The molecule has 0 N–H and O–H groups in total. The minimum Gasteiger partial charge on any atom is -0.339 e. The van der Waals surface area contributed by atoms with Crippen molar-refractivity contribution < 1.29 is 4.79 Å². The van der Waals surface area contributed by atoms with Gasteiger partial charge in [-0.3, -0.25) is 9.48 Å². The third-order valence-electron chi connectivity index (χ3n) is 3.64. The largest absolute Gasteiger partial charge is 0.339 e. The van der Waals surface area contributed by atoms with Gasteiger partial charge in [-0.2, -0.15) is 5.10 Å². The van der Waals surface area contributed by atoms with Crippen LogP contribution in [0.15, 0.2) is 36.7 Å². The number of halogens is 1. The summed E-state index contributed by atoms with van der Waals surface area (Å²) in [6.45, 7) is 4.60. The second kappa shape index (κ2) is 6.76. The number of benzene rings is 1. The van der Waals surface area contributed by atoms with Gasteiger partial charge in [-0.05, 0) is 37.1 Å². The molecule has 1 unspecified atom stereocenters. The van der Waals surface area contributed by atoms with Crippen LogP contribution in [0.1, 0.15) is 30.5 Å². The Morgan fingerprint density at radius 3 is 2.62 bits per heavy atom. The lowest BCUT2D eigenvalue weighted by Crippen LogP contribution is -2.30. The number of amides is 1. The molecule has 2 rings (SSSR count). The molecule has 0 saturated heterocycles. The molecule has 1 atom stereocenters. The number of nitrogens with zero attached hydrogens (tertiary/aromatic N) is 3. The van der Waals surface area contributed by atoms with E-state index in [9.17, 15) is 4.79 Å². The first-order valence-electron chi connectivity index (χ1n) is 6.97. The molecule has 112 valence electrons. The van der Waals surface area contributed by atoms with E-state index in [1.54, 1.807) is 15.8 Å². The highest BCUT2D eigenvalue weighted by molar-refractivity contribution is 6.30. The van der Waals surface area contributed by atoms with Crippen molar-refractivity contribution in [3.63, 3.8) is 0 Å². The Labute approximate surface area is 130 Å². The SMILES string of the molecule is Cc1cnn(CCC(=O)N(C)C(C)c2ccc(Cl)cc2)c1. The van der Waals surface area contributed by atoms with E-state index in [2.05, 4.69) is 5.10 Å². The molecular weight excluding hydrogens is 286 g/mol. The first-order valence-corrected chi connectivity index (χ1v) is 7.35. The number of aromatic nitrogens is 2. The molecule has 1 aromatic carbocycles.